The molecular weight excluding hydrogens is 382 g/mol. The highest BCUT2D eigenvalue weighted by atomic mass is 16.5. The molecule has 0 saturated heterocycles. The van der Waals surface area contributed by atoms with Crippen LogP contribution < -0.4 is 25.4 Å². The summed E-state index contributed by atoms with van der Waals surface area (Å²) in [5.41, 5.74) is 1.78. The standard InChI is InChI=1S/C23H23N3O4/c1-2-29-20-11-13-21(14-12-20)30-16-22(27)24-18-9-6-10-19(15-18)26-23(28)25-17-7-4-3-5-8-17/h3-15H,2,16H2,1H3,(H,24,27)(H2,25,26,28). The molecule has 0 unspecified atom stereocenters. The van der Waals surface area contributed by atoms with E-state index in [1.54, 1.807) is 60.7 Å². The van der Waals surface area contributed by atoms with E-state index >= 15 is 0 Å². The summed E-state index contributed by atoms with van der Waals surface area (Å²) in [5, 5.41) is 8.21. The molecule has 3 aromatic rings. The molecule has 0 aliphatic heterocycles. The van der Waals surface area contributed by atoms with Crippen molar-refractivity contribution in [2.75, 3.05) is 29.2 Å². The van der Waals surface area contributed by atoms with Crippen LogP contribution in [0.3, 0.4) is 0 Å². The van der Waals surface area contributed by atoms with Crippen LogP contribution in [0.4, 0.5) is 21.9 Å². The van der Waals surface area contributed by atoms with Crippen LogP contribution in [-0.4, -0.2) is 25.2 Å². The normalized spacial score (nSPS) is 10.0. The number of ether oxygens (including phenoxy) is 2. The zero-order valence-electron chi connectivity index (χ0n) is 16.6. The smallest absolute Gasteiger partial charge is 0.323 e. The van der Waals surface area contributed by atoms with Gasteiger partial charge < -0.3 is 25.4 Å². The summed E-state index contributed by atoms with van der Waals surface area (Å²) < 4.78 is 10.9. The molecule has 154 valence electrons. The van der Waals surface area contributed by atoms with E-state index < -0.39 is 0 Å². The first-order valence-corrected chi connectivity index (χ1v) is 9.51. The van der Waals surface area contributed by atoms with E-state index in [0.29, 0.717) is 29.4 Å². The number of amides is 3. The molecule has 7 nitrogen and oxygen atoms in total. The van der Waals surface area contributed by atoms with Gasteiger partial charge in [-0.3, -0.25) is 4.79 Å². The Morgan fingerprint density at radius 1 is 0.700 bits per heavy atom. The van der Waals surface area contributed by atoms with E-state index in [0.717, 1.165) is 5.75 Å². The number of carbonyl (C=O) groups is 2. The molecule has 0 radical (unpaired) electrons. The maximum absolute atomic E-state index is 12.2. The minimum atomic E-state index is -0.372. The number of anilines is 3. The predicted octanol–water partition coefficient (Wildman–Crippen LogP) is 4.75. The van der Waals surface area contributed by atoms with Crippen molar-refractivity contribution in [3.8, 4) is 11.5 Å². The van der Waals surface area contributed by atoms with Crippen molar-refractivity contribution < 1.29 is 19.1 Å². The quantitative estimate of drug-likeness (QED) is 0.505. The molecule has 0 spiro atoms. The fourth-order valence-electron chi connectivity index (χ4n) is 2.63. The molecule has 3 N–H and O–H groups in total. The Bertz CT molecular complexity index is 975. The summed E-state index contributed by atoms with van der Waals surface area (Å²) in [6, 6.07) is 22.7. The van der Waals surface area contributed by atoms with Gasteiger partial charge in [-0.1, -0.05) is 24.3 Å². The molecule has 3 amide bonds. The predicted molar refractivity (Wildman–Crippen MR) is 117 cm³/mol. The number of hydrogen-bond donors (Lipinski definition) is 3. The van der Waals surface area contributed by atoms with Crippen LogP contribution in [0.5, 0.6) is 11.5 Å². The summed E-state index contributed by atoms with van der Waals surface area (Å²) >= 11 is 0. The number of hydrogen-bond acceptors (Lipinski definition) is 4. The molecule has 0 aliphatic carbocycles. The van der Waals surface area contributed by atoms with Gasteiger partial charge >= 0.3 is 6.03 Å². The highest BCUT2D eigenvalue weighted by Gasteiger charge is 2.07. The topological polar surface area (TPSA) is 88.7 Å². The van der Waals surface area contributed by atoms with E-state index in [9.17, 15) is 9.59 Å². The molecule has 0 fully saturated rings. The summed E-state index contributed by atoms with van der Waals surface area (Å²) in [6.45, 7) is 2.36. The zero-order chi connectivity index (χ0) is 21.2. The van der Waals surface area contributed by atoms with E-state index in [1.807, 2.05) is 25.1 Å². The average Bonchev–Trinajstić information content (AvgIpc) is 2.74. The van der Waals surface area contributed by atoms with Crippen LogP contribution >= 0.6 is 0 Å². The van der Waals surface area contributed by atoms with Crippen LogP contribution in [0.15, 0.2) is 78.9 Å². The molecule has 0 aliphatic rings. The van der Waals surface area contributed by atoms with Gasteiger partial charge in [0.25, 0.3) is 5.91 Å². The minimum Gasteiger partial charge on any atom is -0.494 e. The van der Waals surface area contributed by atoms with Gasteiger partial charge in [0.15, 0.2) is 6.61 Å². The summed E-state index contributed by atoms with van der Waals surface area (Å²) in [4.78, 5) is 24.3. The fraction of sp³-hybridized carbons (Fsp3) is 0.130. The number of carbonyl (C=O) groups excluding carboxylic acids is 2. The third-order valence-corrected chi connectivity index (χ3v) is 3.94. The molecule has 30 heavy (non-hydrogen) atoms. The van der Waals surface area contributed by atoms with Crippen LogP contribution in [-0.2, 0) is 4.79 Å². The first-order chi connectivity index (χ1) is 14.6. The zero-order valence-corrected chi connectivity index (χ0v) is 16.6. The fourth-order valence-corrected chi connectivity index (χ4v) is 2.63. The number of rotatable bonds is 8. The van der Waals surface area contributed by atoms with Crippen molar-refractivity contribution in [3.05, 3.63) is 78.9 Å². The largest absolute Gasteiger partial charge is 0.494 e. The van der Waals surface area contributed by atoms with Crippen LogP contribution in [0.2, 0.25) is 0 Å². The molecule has 0 atom stereocenters. The molecule has 0 saturated carbocycles. The molecule has 0 bridgehead atoms. The van der Waals surface area contributed by atoms with Gasteiger partial charge in [-0.05, 0) is 61.5 Å². The molecule has 0 heterocycles. The summed E-state index contributed by atoms with van der Waals surface area (Å²) in [7, 11) is 0. The van der Waals surface area contributed by atoms with E-state index in [1.165, 1.54) is 0 Å². The Morgan fingerprint density at radius 2 is 1.27 bits per heavy atom. The summed E-state index contributed by atoms with van der Waals surface area (Å²) in [5.74, 6) is 1.01. The van der Waals surface area contributed by atoms with Crippen LogP contribution in [0.1, 0.15) is 6.92 Å². The SMILES string of the molecule is CCOc1ccc(OCC(=O)Nc2cccc(NC(=O)Nc3ccccc3)c2)cc1. The molecule has 0 aromatic heterocycles. The lowest BCUT2D eigenvalue weighted by Gasteiger charge is -2.11. The summed E-state index contributed by atoms with van der Waals surface area (Å²) in [6.07, 6.45) is 0. The van der Waals surface area contributed by atoms with Crippen molar-refractivity contribution in [1.82, 2.24) is 0 Å². The first kappa shape index (κ1) is 20.7. The third-order valence-electron chi connectivity index (χ3n) is 3.94. The third kappa shape index (κ3) is 6.56. The lowest BCUT2D eigenvalue weighted by molar-refractivity contribution is -0.118. The Kier molecular flexibility index (Phi) is 7.27. The second-order valence-electron chi connectivity index (χ2n) is 6.27. The van der Waals surface area contributed by atoms with Crippen molar-refractivity contribution in [3.63, 3.8) is 0 Å². The van der Waals surface area contributed by atoms with Gasteiger partial charge in [-0.25, -0.2) is 4.79 Å². The Morgan fingerprint density at radius 3 is 1.93 bits per heavy atom. The van der Waals surface area contributed by atoms with Crippen LogP contribution in [0, 0.1) is 0 Å². The molecule has 3 aromatic carbocycles. The average molecular weight is 405 g/mol. The second kappa shape index (κ2) is 10.5. The Labute approximate surface area is 175 Å². The maximum Gasteiger partial charge on any atom is 0.323 e. The minimum absolute atomic E-state index is 0.139. The van der Waals surface area contributed by atoms with E-state index in [4.69, 9.17) is 9.47 Å². The van der Waals surface area contributed by atoms with Gasteiger partial charge in [0.2, 0.25) is 0 Å². The molecular formula is C23H23N3O4. The molecule has 3 rings (SSSR count). The molecule has 7 heteroatoms. The van der Waals surface area contributed by atoms with Gasteiger partial charge in [0, 0.05) is 17.1 Å². The maximum atomic E-state index is 12.2. The lowest BCUT2D eigenvalue weighted by atomic mass is 10.2. The van der Waals surface area contributed by atoms with Crippen molar-refractivity contribution in [2.24, 2.45) is 0 Å². The monoisotopic (exact) mass is 405 g/mol. The van der Waals surface area contributed by atoms with E-state index in [-0.39, 0.29) is 18.5 Å². The Hall–Kier alpha value is -4.00. The Balaban J connectivity index is 1.49. The van der Waals surface area contributed by atoms with Crippen LogP contribution in [0.25, 0.3) is 0 Å². The van der Waals surface area contributed by atoms with E-state index in [2.05, 4.69) is 16.0 Å². The highest BCUT2D eigenvalue weighted by Crippen LogP contribution is 2.18. The van der Waals surface area contributed by atoms with Gasteiger partial charge in [-0.2, -0.15) is 0 Å². The van der Waals surface area contributed by atoms with Gasteiger partial charge in [0.05, 0.1) is 6.61 Å². The van der Waals surface area contributed by atoms with Gasteiger partial charge in [-0.15, -0.1) is 0 Å². The van der Waals surface area contributed by atoms with Crippen molar-refractivity contribution in [1.29, 1.82) is 0 Å². The first-order valence-electron chi connectivity index (χ1n) is 9.51. The number of urea groups is 1. The lowest BCUT2D eigenvalue weighted by Crippen LogP contribution is -2.21. The number of para-hydroxylation sites is 1. The highest BCUT2D eigenvalue weighted by molar-refractivity contribution is 6.00. The number of benzene rings is 3. The second-order valence-corrected chi connectivity index (χ2v) is 6.27. The van der Waals surface area contributed by atoms with Crippen molar-refractivity contribution in [2.45, 2.75) is 6.92 Å². The van der Waals surface area contributed by atoms with Crippen molar-refractivity contribution >= 4 is 29.0 Å². The number of nitrogens with one attached hydrogen (secondary N) is 3. The van der Waals surface area contributed by atoms with Gasteiger partial charge in [0.1, 0.15) is 11.5 Å².